The average molecular weight is 312 g/mol. The average Bonchev–Trinajstić information content (AvgIpc) is 2.80. The Kier molecular flexibility index (Phi) is 3.23. The van der Waals surface area contributed by atoms with E-state index in [1.807, 2.05) is 24.3 Å². The summed E-state index contributed by atoms with van der Waals surface area (Å²) in [5.74, 6) is -1.64. The molecule has 2 N–H and O–H groups in total. The minimum Gasteiger partial charge on any atom is -0.480 e. The Morgan fingerprint density at radius 1 is 1.35 bits per heavy atom. The second kappa shape index (κ2) is 4.80. The molecule has 106 valence electrons. The van der Waals surface area contributed by atoms with Gasteiger partial charge in [0.05, 0.1) is 27.8 Å². The lowest BCUT2D eigenvalue weighted by Crippen LogP contribution is -2.51. The van der Waals surface area contributed by atoms with Crippen molar-refractivity contribution in [3.8, 4) is 0 Å². The predicted octanol–water partition coefficient (Wildman–Crippen LogP) is 0.809. The van der Waals surface area contributed by atoms with Crippen LogP contribution >= 0.6 is 11.3 Å². The van der Waals surface area contributed by atoms with E-state index in [9.17, 15) is 13.2 Å². The van der Waals surface area contributed by atoms with Gasteiger partial charge in [-0.3, -0.25) is 10.1 Å². The molecule has 0 amide bonds. The maximum absolute atomic E-state index is 11.8. The van der Waals surface area contributed by atoms with Crippen molar-refractivity contribution < 1.29 is 18.3 Å². The monoisotopic (exact) mass is 312 g/mol. The topological polar surface area (TPSA) is 96.4 Å². The molecular weight excluding hydrogens is 300 g/mol. The lowest BCUT2D eigenvalue weighted by atomic mass is 10.2. The molecule has 1 aliphatic heterocycles. The number of hydrogen-bond acceptors (Lipinski definition) is 6. The predicted molar refractivity (Wildman–Crippen MR) is 75.6 cm³/mol. The van der Waals surface area contributed by atoms with Crippen LogP contribution in [-0.2, 0) is 14.6 Å². The number of nitrogens with one attached hydrogen (secondary N) is 1. The van der Waals surface area contributed by atoms with Gasteiger partial charge in [0.2, 0.25) is 0 Å². The Hall–Kier alpha value is -1.51. The Morgan fingerprint density at radius 2 is 2.10 bits per heavy atom. The maximum Gasteiger partial charge on any atom is 0.321 e. The number of nitrogens with zero attached hydrogens (tertiary/aromatic N) is 1. The number of benzene rings is 1. The first-order valence-electron chi connectivity index (χ1n) is 5.99. The molecule has 0 bridgehead atoms. The van der Waals surface area contributed by atoms with Crippen LogP contribution in [0.1, 0.15) is 11.0 Å². The number of fused-ring (bicyclic) bond motifs is 1. The molecule has 2 atom stereocenters. The summed E-state index contributed by atoms with van der Waals surface area (Å²) in [5.41, 5.74) is 0.796. The van der Waals surface area contributed by atoms with Crippen LogP contribution in [0, 0.1) is 0 Å². The second-order valence-electron chi connectivity index (χ2n) is 4.71. The molecule has 20 heavy (non-hydrogen) atoms. The van der Waals surface area contributed by atoms with E-state index in [2.05, 4.69) is 10.3 Å². The highest BCUT2D eigenvalue weighted by Crippen LogP contribution is 2.29. The smallest absolute Gasteiger partial charge is 0.321 e. The normalized spacial score (nSPS) is 25.6. The summed E-state index contributed by atoms with van der Waals surface area (Å²) in [5, 5.41) is 12.5. The minimum absolute atomic E-state index is 0.114. The van der Waals surface area contributed by atoms with Crippen LogP contribution < -0.4 is 5.32 Å². The van der Waals surface area contributed by atoms with Crippen LogP contribution in [0.15, 0.2) is 24.3 Å². The van der Waals surface area contributed by atoms with Crippen molar-refractivity contribution in [2.75, 3.05) is 11.5 Å². The van der Waals surface area contributed by atoms with Crippen molar-refractivity contribution in [3.05, 3.63) is 29.3 Å². The van der Waals surface area contributed by atoms with Gasteiger partial charge in [-0.2, -0.15) is 0 Å². The van der Waals surface area contributed by atoms with Gasteiger partial charge in [-0.1, -0.05) is 12.1 Å². The van der Waals surface area contributed by atoms with Crippen molar-refractivity contribution in [1.82, 2.24) is 10.3 Å². The number of aliphatic carboxylic acids is 1. The summed E-state index contributed by atoms with van der Waals surface area (Å²) < 4.78 is 24.6. The highest BCUT2D eigenvalue weighted by molar-refractivity contribution is 7.91. The number of thiazole rings is 1. The quantitative estimate of drug-likeness (QED) is 0.852. The molecule has 0 spiro atoms. The fraction of sp³-hybridized carbons (Fsp3) is 0.333. The maximum atomic E-state index is 11.8. The van der Waals surface area contributed by atoms with E-state index in [0.29, 0.717) is 5.01 Å². The zero-order valence-corrected chi connectivity index (χ0v) is 11.9. The van der Waals surface area contributed by atoms with Gasteiger partial charge < -0.3 is 5.11 Å². The van der Waals surface area contributed by atoms with E-state index < -0.39 is 27.9 Å². The lowest BCUT2D eigenvalue weighted by Gasteiger charge is -2.27. The van der Waals surface area contributed by atoms with Gasteiger partial charge in [-0.15, -0.1) is 11.3 Å². The number of rotatable bonds is 2. The van der Waals surface area contributed by atoms with Gasteiger partial charge in [-0.05, 0) is 12.1 Å². The van der Waals surface area contributed by atoms with Crippen molar-refractivity contribution in [1.29, 1.82) is 0 Å². The number of para-hydroxylation sites is 1. The van der Waals surface area contributed by atoms with E-state index in [0.717, 1.165) is 10.2 Å². The Bertz CT molecular complexity index is 736. The summed E-state index contributed by atoms with van der Waals surface area (Å²) in [6.45, 7) is 0. The molecule has 1 aromatic carbocycles. The molecule has 2 unspecified atom stereocenters. The summed E-state index contributed by atoms with van der Waals surface area (Å²) in [4.78, 5) is 15.4. The highest BCUT2D eigenvalue weighted by Gasteiger charge is 2.37. The van der Waals surface area contributed by atoms with Gasteiger partial charge in [0.15, 0.2) is 9.84 Å². The number of hydrogen-bond donors (Lipinski definition) is 2. The molecule has 8 heteroatoms. The number of carboxylic acid groups (broad SMARTS) is 1. The van der Waals surface area contributed by atoms with E-state index >= 15 is 0 Å². The Labute approximate surface area is 119 Å². The third-order valence-corrected chi connectivity index (χ3v) is 5.98. The van der Waals surface area contributed by atoms with Crippen LogP contribution in [0.3, 0.4) is 0 Å². The number of carbonyl (C=O) groups is 1. The zero-order valence-electron chi connectivity index (χ0n) is 10.3. The highest BCUT2D eigenvalue weighted by atomic mass is 32.2. The molecule has 1 aliphatic rings. The minimum atomic E-state index is -3.39. The van der Waals surface area contributed by atoms with E-state index in [1.165, 1.54) is 11.3 Å². The summed E-state index contributed by atoms with van der Waals surface area (Å²) >= 11 is 1.39. The van der Waals surface area contributed by atoms with Gasteiger partial charge in [-0.25, -0.2) is 13.4 Å². The van der Waals surface area contributed by atoms with Gasteiger partial charge in [0, 0.05) is 0 Å². The summed E-state index contributed by atoms with van der Waals surface area (Å²) in [6, 6.07) is 5.86. The molecule has 1 aromatic heterocycles. The molecule has 0 aliphatic carbocycles. The van der Waals surface area contributed by atoms with Gasteiger partial charge in [0.1, 0.15) is 11.0 Å². The van der Waals surface area contributed by atoms with Crippen LogP contribution in [0.4, 0.5) is 0 Å². The molecule has 0 saturated carbocycles. The molecule has 2 aromatic rings. The molecule has 1 saturated heterocycles. The van der Waals surface area contributed by atoms with Crippen molar-refractivity contribution >= 4 is 37.4 Å². The first kappa shape index (κ1) is 13.5. The van der Waals surface area contributed by atoms with E-state index in [1.54, 1.807) is 0 Å². The fourth-order valence-electron chi connectivity index (χ4n) is 2.24. The van der Waals surface area contributed by atoms with Crippen molar-refractivity contribution in [3.63, 3.8) is 0 Å². The SMILES string of the molecule is O=C(O)C1CS(=O)(=O)CC(c2nc3ccccc3s2)N1. The largest absolute Gasteiger partial charge is 0.480 e. The summed E-state index contributed by atoms with van der Waals surface area (Å²) in [6.07, 6.45) is 0. The van der Waals surface area contributed by atoms with Crippen LogP contribution in [0.25, 0.3) is 10.2 Å². The van der Waals surface area contributed by atoms with Gasteiger partial charge >= 0.3 is 5.97 Å². The van der Waals surface area contributed by atoms with E-state index in [4.69, 9.17) is 5.11 Å². The third kappa shape index (κ3) is 2.54. The molecule has 2 heterocycles. The van der Waals surface area contributed by atoms with Crippen molar-refractivity contribution in [2.45, 2.75) is 12.1 Å². The standard InChI is InChI=1S/C12H12N2O4S2/c15-12(16)9-6-20(17,18)5-8(13-9)11-14-7-3-1-2-4-10(7)19-11/h1-4,8-9,13H,5-6H2,(H,15,16). The number of carboxylic acids is 1. The number of sulfone groups is 1. The zero-order chi connectivity index (χ0) is 14.3. The molecule has 3 rings (SSSR count). The van der Waals surface area contributed by atoms with E-state index in [-0.39, 0.29) is 11.5 Å². The first-order valence-corrected chi connectivity index (χ1v) is 8.63. The molecule has 0 radical (unpaired) electrons. The van der Waals surface area contributed by atoms with Crippen LogP contribution in [0.2, 0.25) is 0 Å². The van der Waals surface area contributed by atoms with Gasteiger partial charge in [0.25, 0.3) is 0 Å². The molecule has 6 nitrogen and oxygen atoms in total. The molecule has 1 fully saturated rings. The Morgan fingerprint density at radius 3 is 2.80 bits per heavy atom. The second-order valence-corrected chi connectivity index (χ2v) is 7.92. The third-order valence-electron chi connectivity index (χ3n) is 3.15. The summed E-state index contributed by atoms with van der Waals surface area (Å²) in [7, 11) is -3.39. The Balaban J connectivity index is 1.97. The first-order chi connectivity index (χ1) is 9.44. The number of aromatic nitrogens is 1. The van der Waals surface area contributed by atoms with Crippen LogP contribution in [0.5, 0.6) is 0 Å². The molecular formula is C12H12N2O4S2. The lowest BCUT2D eigenvalue weighted by molar-refractivity contribution is -0.139. The fourth-order valence-corrected chi connectivity index (χ4v) is 5.02. The van der Waals surface area contributed by atoms with Crippen LogP contribution in [-0.4, -0.2) is 42.0 Å². The van der Waals surface area contributed by atoms with Crippen molar-refractivity contribution in [2.24, 2.45) is 0 Å².